The Morgan fingerprint density at radius 3 is 2.25 bits per heavy atom. The summed E-state index contributed by atoms with van der Waals surface area (Å²) in [6.07, 6.45) is 6.94. The fraction of sp³-hybridized carbons (Fsp3) is 0.786. The second-order valence-electron chi connectivity index (χ2n) is 6.96. The summed E-state index contributed by atoms with van der Waals surface area (Å²) in [7, 11) is 0. The molecular weight excluding hydrogens is 254 g/mol. The second-order valence-corrected chi connectivity index (χ2v) is 6.96. The molecule has 0 atom stereocenters. The van der Waals surface area contributed by atoms with Gasteiger partial charge in [-0.2, -0.15) is 0 Å². The molecule has 6 heteroatoms. The molecule has 4 aliphatic rings. The van der Waals surface area contributed by atoms with Crippen molar-refractivity contribution < 1.29 is 4.79 Å². The average molecular weight is 275 g/mol. The molecule has 4 aliphatic carbocycles. The maximum atomic E-state index is 11.2. The average Bonchev–Trinajstić information content (AvgIpc) is 2.74. The summed E-state index contributed by atoms with van der Waals surface area (Å²) in [5, 5.41) is 7.84. The van der Waals surface area contributed by atoms with Crippen molar-refractivity contribution in [2.45, 2.75) is 38.6 Å². The van der Waals surface area contributed by atoms with Crippen LogP contribution < -0.4 is 11.5 Å². The summed E-state index contributed by atoms with van der Waals surface area (Å²) in [6, 6.07) is 0. The molecule has 4 bridgehead atoms. The van der Waals surface area contributed by atoms with Crippen LogP contribution in [0.2, 0.25) is 0 Å². The Balaban J connectivity index is 1.56. The zero-order valence-electron chi connectivity index (χ0n) is 11.5. The van der Waals surface area contributed by atoms with Gasteiger partial charge in [0.2, 0.25) is 0 Å². The monoisotopic (exact) mass is 275 g/mol. The highest BCUT2D eigenvalue weighted by Gasteiger charge is 2.48. The SMILES string of the molecule is NC(=O)c1nnn(CC2C3CC4CC(C3)CC2C4)c1N. The van der Waals surface area contributed by atoms with Gasteiger partial charge in [0.15, 0.2) is 11.5 Å². The number of nitrogen functional groups attached to an aromatic ring is 1. The minimum Gasteiger partial charge on any atom is -0.382 e. The Kier molecular flexibility index (Phi) is 2.56. The van der Waals surface area contributed by atoms with E-state index in [9.17, 15) is 4.79 Å². The molecule has 1 heterocycles. The summed E-state index contributed by atoms with van der Waals surface area (Å²) in [6.45, 7) is 0.793. The molecule has 1 amide bonds. The zero-order valence-corrected chi connectivity index (χ0v) is 11.5. The number of aromatic nitrogens is 3. The lowest BCUT2D eigenvalue weighted by molar-refractivity contribution is -0.0441. The van der Waals surface area contributed by atoms with E-state index in [0.29, 0.717) is 11.7 Å². The Labute approximate surface area is 117 Å². The molecule has 0 radical (unpaired) electrons. The number of nitrogens with two attached hydrogens (primary N) is 2. The standard InChI is InChI=1S/C14H21N5O/c15-13-12(14(16)20)17-18-19(13)6-11-9-2-7-1-8(4-9)5-10(11)3-7/h7-11H,1-6,15H2,(H2,16,20). The first-order valence-electron chi connectivity index (χ1n) is 7.60. The zero-order chi connectivity index (χ0) is 13.9. The van der Waals surface area contributed by atoms with Gasteiger partial charge in [-0.15, -0.1) is 5.10 Å². The van der Waals surface area contributed by atoms with Gasteiger partial charge in [0.25, 0.3) is 5.91 Å². The molecule has 4 saturated carbocycles. The first-order chi connectivity index (χ1) is 9.61. The molecule has 0 aromatic carbocycles. The van der Waals surface area contributed by atoms with E-state index in [1.807, 2.05) is 0 Å². The number of anilines is 1. The maximum absolute atomic E-state index is 11.2. The predicted octanol–water partition coefficient (Wildman–Crippen LogP) is 1.03. The van der Waals surface area contributed by atoms with Crippen LogP contribution in [0.4, 0.5) is 5.82 Å². The smallest absolute Gasteiger partial charge is 0.273 e. The number of hydrogen-bond donors (Lipinski definition) is 2. The van der Waals surface area contributed by atoms with Gasteiger partial charge in [-0.1, -0.05) is 5.21 Å². The van der Waals surface area contributed by atoms with E-state index in [0.717, 1.165) is 30.2 Å². The van der Waals surface area contributed by atoms with Crippen molar-refractivity contribution in [2.75, 3.05) is 5.73 Å². The third kappa shape index (κ3) is 1.73. The predicted molar refractivity (Wildman–Crippen MR) is 73.5 cm³/mol. The van der Waals surface area contributed by atoms with E-state index >= 15 is 0 Å². The summed E-state index contributed by atoms with van der Waals surface area (Å²) in [5.41, 5.74) is 11.3. The number of carbonyl (C=O) groups excluding carboxylic acids is 1. The van der Waals surface area contributed by atoms with Crippen molar-refractivity contribution in [3.8, 4) is 0 Å². The third-order valence-electron chi connectivity index (χ3n) is 5.81. The quantitative estimate of drug-likeness (QED) is 0.860. The van der Waals surface area contributed by atoms with Crippen molar-refractivity contribution >= 4 is 11.7 Å². The maximum Gasteiger partial charge on any atom is 0.273 e. The van der Waals surface area contributed by atoms with Crippen LogP contribution >= 0.6 is 0 Å². The number of amides is 1. The normalized spacial score (nSPS) is 38.3. The lowest BCUT2D eigenvalue weighted by Gasteiger charge is -2.54. The van der Waals surface area contributed by atoms with Gasteiger partial charge in [-0.3, -0.25) is 4.79 Å². The van der Waals surface area contributed by atoms with Crippen molar-refractivity contribution in [2.24, 2.45) is 35.3 Å². The Bertz CT molecular complexity index is 524. The van der Waals surface area contributed by atoms with Crippen molar-refractivity contribution in [3.05, 3.63) is 5.69 Å². The Hall–Kier alpha value is -1.59. The van der Waals surface area contributed by atoms with E-state index < -0.39 is 5.91 Å². The molecule has 1 aromatic rings. The van der Waals surface area contributed by atoms with Crippen molar-refractivity contribution in [1.29, 1.82) is 0 Å². The molecule has 5 rings (SSSR count). The molecule has 1 aromatic heterocycles. The number of carbonyl (C=O) groups is 1. The first-order valence-corrected chi connectivity index (χ1v) is 7.60. The van der Waals surface area contributed by atoms with Crippen LogP contribution in [0, 0.1) is 29.6 Å². The highest BCUT2D eigenvalue weighted by Crippen LogP contribution is 2.56. The topological polar surface area (TPSA) is 99.8 Å². The van der Waals surface area contributed by atoms with E-state index in [2.05, 4.69) is 10.3 Å². The summed E-state index contributed by atoms with van der Waals surface area (Å²) in [5.74, 6) is 3.92. The van der Waals surface area contributed by atoms with Crippen LogP contribution in [0.5, 0.6) is 0 Å². The highest BCUT2D eigenvalue weighted by atomic mass is 16.1. The Morgan fingerprint density at radius 1 is 1.15 bits per heavy atom. The van der Waals surface area contributed by atoms with Gasteiger partial charge in [0, 0.05) is 6.54 Å². The largest absolute Gasteiger partial charge is 0.382 e. The van der Waals surface area contributed by atoms with Gasteiger partial charge >= 0.3 is 0 Å². The molecule has 0 aliphatic heterocycles. The van der Waals surface area contributed by atoms with Gasteiger partial charge in [-0.05, 0) is 61.7 Å². The fourth-order valence-electron chi connectivity index (χ4n) is 5.17. The minimum absolute atomic E-state index is 0.105. The number of rotatable bonds is 3. The molecule has 6 nitrogen and oxygen atoms in total. The van der Waals surface area contributed by atoms with Crippen LogP contribution in [0.15, 0.2) is 0 Å². The molecule has 4 N–H and O–H groups in total. The van der Waals surface area contributed by atoms with Crippen molar-refractivity contribution in [3.63, 3.8) is 0 Å². The van der Waals surface area contributed by atoms with E-state index in [-0.39, 0.29) is 5.69 Å². The van der Waals surface area contributed by atoms with Crippen LogP contribution in [0.25, 0.3) is 0 Å². The lowest BCUT2D eigenvalue weighted by atomic mass is 9.52. The molecular formula is C14H21N5O. The number of nitrogens with zero attached hydrogens (tertiary/aromatic N) is 3. The summed E-state index contributed by atoms with van der Waals surface area (Å²) in [4.78, 5) is 11.2. The van der Waals surface area contributed by atoms with Gasteiger partial charge in [-0.25, -0.2) is 4.68 Å². The fourth-order valence-corrected chi connectivity index (χ4v) is 5.17. The first kappa shape index (κ1) is 12.2. The molecule has 0 spiro atoms. The van der Waals surface area contributed by atoms with E-state index in [1.54, 1.807) is 4.68 Å². The van der Waals surface area contributed by atoms with Gasteiger partial charge < -0.3 is 11.5 Å². The molecule has 20 heavy (non-hydrogen) atoms. The van der Waals surface area contributed by atoms with Crippen LogP contribution in [-0.2, 0) is 6.54 Å². The summed E-state index contributed by atoms with van der Waals surface area (Å²) >= 11 is 0. The molecule has 0 unspecified atom stereocenters. The van der Waals surface area contributed by atoms with Crippen LogP contribution in [-0.4, -0.2) is 20.9 Å². The van der Waals surface area contributed by atoms with E-state index in [4.69, 9.17) is 11.5 Å². The molecule has 4 fully saturated rings. The lowest BCUT2D eigenvalue weighted by Crippen LogP contribution is -2.46. The third-order valence-corrected chi connectivity index (χ3v) is 5.81. The minimum atomic E-state index is -0.598. The van der Waals surface area contributed by atoms with Crippen LogP contribution in [0.3, 0.4) is 0 Å². The highest BCUT2D eigenvalue weighted by molar-refractivity contribution is 5.94. The molecule has 108 valence electrons. The van der Waals surface area contributed by atoms with Gasteiger partial charge in [0.1, 0.15) is 0 Å². The number of primary amides is 1. The second kappa shape index (κ2) is 4.20. The summed E-state index contributed by atoms with van der Waals surface area (Å²) < 4.78 is 1.69. The van der Waals surface area contributed by atoms with E-state index in [1.165, 1.54) is 32.1 Å². The van der Waals surface area contributed by atoms with Gasteiger partial charge in [0.05, 0.1) is 0 Å². The van der Waals surface area contributed by atoms with Crippen LogP contribution in [0.1, 0.15) is 42.6 Å². The molecule has 0 saturated heterocycles. The Morgan fingerprint density at radius 2 is 1.75 bits per heavy atom. The number of hydrogen-bond acceptors (Lipinski definition) is 4. The van der Waals surface area contributed by atoms with Crippen molar-refractivity contribution in [1.82, 2.24) is 15.0 Å².